The van der Waals surface area contributed by atoms with Gasteiger partial charge < -0.3 is 10.4 Å². The number of carboxylic acid groups (broad SMARTS) is 1. The number of amides is 1. The average molecular weight is 472 g/mol. The summed E-state index contributed by atoms with van der Waals surface area (Å²) >= 11 is 1.38. The van der Waals surface area contributed by atoms with Gasteiger partial charge in [-0.1, -0.05) is 36.4 Å². The summed E-state index contributed by atoms with van der Waals surface area (Å²) in [5, 5.41) is 12.5. The fourth-order valence-electron chi connectivity index (χ4n) is 3.54. The molecule has 1 aliphatic rings. The van der Waals surface area contributed by atoms with Gasteiger partial charge in [-0.05, 0) is 47.4 Å². The highest BCUT2D eigenvalue weighted by Crippen LogP contribution is 2.32. The smallest absolute Gasteiger partial charge is 0.416 e. The molecule has 2 aromatic carbocycles. The van der Waals surface area contributed by atoms with Gasteiger partial charge in [0.2, 0.25) is 5.91 Å². The van der Waals surface area contributed by atoms with Crippen molar-refractivity contribution in [3.05, 3.63) is 76.8 Å². The minimum atomic E-state index is -4.38. The number of benzene rings is 2. The number of carbonyl (C=O) groups excluding carboxylic acids is 1. The number of hydrogen-bond acceptors (Lipinski definition) is 4. The van der Waals surface area contributed by atoms with E-state index in [1.165, 1.54) is 23.5 Å². The topological polar surface area (TPSA) is 79.3 Å². The molecule has 0 bridgehead atoms. The van der Waals surface area contributed by atoms with Crippen LogP contribution in [0.1, 0.15) is 17.0 Å². The van der Waals surface area contributed by atoms with Gasteiger partial charge in [0.1, 0.15) is 5.01 Å². The van der Waals surface area contributed by atoms with Gasteiger partial charge >= 0.3 is 12.1 Å². The second-order valence-corrected chi connectivity index (χ2v) is 8.79. The number of fused-ring (bicyclic) bond motifs is 1. The van der Waals surface area contributed by atoms with E-state index < -0.39 is 23.6 Å². The summed E-state index contributed by atoms with van der Waals surface area (Å²) in [7, 11) is 0. The van der Waals surface area contributed by atoms with Crippen LogP contribution in [0.5, 0.6) is 0 Å². The monoisotopic (exact) mass is 472 g/mol. The van der Waals surface area contributed by atoms with E-state index in [1.54, 1.807) is 24.3 Å². The number of alkyl halides is 3. The zero-order valence-electron chi connectivity index (χ0n) is 17.2. The fraction of sp³-hybridized carbons (Fsp3) is 0.208. The third kappa shape index (κ3) is 5.48. The van der Waals surface area contributed by atoms with E-state index in [-0.39, 0.29) is 18.9 Å². The lowest BCUT2D eigenvalue weighted by Crippen LogP contribution is -2.28. The molecule has 9 heteroatoms. The van der Waals surface area contributed by atoms with Crippen molar-refractivity contribution < 1.29 is 27.9 Å². The molecule has 0 aliphatic heterocycles. The molecule has 0 saturated carbocycles. The number of carbonyl (C=O) groups is 2. The number of hydrogen-bond donors (Lipinski definition) is 2. The second-order valence-electron chi connectivity index (χ2n) is 7.68. The Labute approximate surface area is 191 Å². The van der Waals surface area contributed by atoms with Gasteiger partial charge in [0.25, 0.3) is 0 Å². The highest BCUT2D eigenvalue weighted by molar-refractivity contribution is 7.18. The summed E-state index contributed by atoms with van der Waals surface area (Å²) in [6, 6.07) is 10.4. The van der Waals surface area contributed by atoms with Crippen molar-refractivity contribution >= 4 is 33.4 Å². The Balaban J connectivity index is 1.40. The number of aromatic nitrogens is 1. The number of nitrogens with one attached hydrogen (secondary N) is 1. The molecule has 2 N–H and O–H groups in total. The normalized spacial score (nSPS) is 16.0. The summed E-state index contributed by atoms with van der Waals surface area (Å²) < 4.78 is 39.2. The molecular formula is C24H19F3N2O3S. The maximum Gasteiger partial charge on any atom is 0.416 e. The van der Waals surface area contributed by atoms with Crippen LogP contribution >= 0.6 is 11.3 Å². The molecule has 5 nitrogen and oxygen atoms in total. The highest BCUT2D eigenvalue weighted by Gasteiger charge is 2.30. The molecule has 1 aliphatic carbocycles. The molecule has 1 amide bonds. The number of nitrogens with zero attached hydrogens (tertiary/aromatic N) is 1. The number of halogens is 3. The van der Waals surface area contributed by atoms with Crippen LogP contribution < -0.4 is 5.32 Å². The first-order valence-electron chi connectivity index (χ1n) is 10.1. The summed E-state index contributed by atoms with van der Waals surface area (Å²) in [4.78, 5) is 28.0. The van der Waals surface area contributed by atoms with Crippen LogP contribution in [0.3, 0.4) is 0 Å². The minimum Gasteiger partial charge on any atom is -0.481 e. The molecule has 3 aromatic rings. The molecule has 33 heavy (non-hydrogen) atoms. The standard InChI is InChI=1S/C24H19F3N2O3S/c25-24(26,27)18-7-4-15(5-8-18)16-6-9-20-19(11-16)29-22(33-20)12-21(30)28-13-14-2-1-3-17(10-14)23(31)32/h1-9,11,17H,10,12-13H2,(H,28,30)(H,31,32). The zero-order chi connectivity index (χ0) is 23.6. The van der Waals surface area contributed by atoms with Crippen LogP contribution in [-0.2, 0) is 22.2 Å². The molecule has 4 rings (SSSR count). The molecular weight excluding hydrogens is 453 g/mol. The van der Waals surface area contributed by atoms with Crippen LogP contribution in [-0.4, -0.2) is 28.5 Å². The molecule has 1 aromatic heterocycles. The fourth-order valence-corrected chi connectivity index (χ4v) is 4.49. The molecule has 0 spiro atoms. The molecule has 0 radical (unpaired) electrons. The van der Waals surface area contributed by atoms with Crippen molar-refractivity contribution in [3.8, 4) is 11.1 Å². The predicted molar refractivity (Wildman–Crippen MR) is 120 cm³/mol. The lowest BCUT2D eigenvalue weighted by molar-refractivity contribution is -0.140. The van der Waals surface area contributed by atoms with Gasteiger partial charge in [-0.3, -0.25) is 9.59 Å². The van der Waals surface area contributed by atoms with E-state index in [2.05, 4.69) is 10.3 Å². The summed E-state index contributed by atoms with van der Waals surface area (Å²) in [6.45, 7) is 0.274. The average Bonchev–Trinajstić information content (AvgIpc) is 3.18. The van der Waals surface area contributed by atoms with Crippen LogP contribution in [0, 0.1) is 5.92 Å². The minimum absolute atomic E-state index is 0.0838. The third-order valence-corrected chi connectivity index (χ3v) is 6.31. The van der Waals surface area contributed by atoms with Gasteiger partial charge in [-0.25, -0.2) is 4.98 Å². The Bertz CT molecular complexity index is 1260. The van der Waals surface area contributed by atoms with Crippen molar-refractivity contribution in [1.82, 2.24) is 10.3 Å². The largest absolute Gasteiger partial charge is 0.481 e. The van der Waals surface area contributed by atoms with Gasteiger partial charge in [0.05, 0.1) is 28.1 Å². The number of carboxylic acids is 1. The van der Waals surface area contributed by atoms with E-state index in [0.717, 1.165) is 28.0 Å². The van der Waals surface area contributed by atoms with Crippen LogP contribution in [0.4, 0.5) is 13.2 Å². The van der Waals surface area contributed by atoms with Crippen LogP contribution in [0.25, 0.3) is 21.3 Å². The van der Waals surface area contributed by atoms with Crippen LogP contribution in [0.2, 0.25) is 0 Å². The third-order valence-electron chi connectivity index (χ3n) is 5.28. The quantitative estimate of drug-likeness (QED) is 0.515. The van der Waals surface area contributed by atoms with E-state index >= 15 is 0 Å². The van der Waals surface area contributed by atoms with E-state index in [4.69, 9.17) is 5.11 Å². The maximum absolute atomic E-state index is 12.8. The molecule has 1 heterocycles. The van der Waals surface area contributed by atoms with Crippen LogP contribution in [0.15, 0.2) is 66.3 Å². The number of aliphatic carboxylic acids is 1. The van der Waals surface area contributed by atoms with Crippen molar-refractivity contribution in [2.45, 2.75) is 19.0 Å². The van der Waals surface area contributed by atoms with Gasteiger partial charge in [-0.15, -0.1) is 11.3 Å². The molecule has 0 fully saturated rings. The van der Waals surface area contributed by atoms with Gasteiger partial charge in [0.15, 0.2) is 0 Å². The summed E-state index contributed by atoms with van der Waals surface area (Å²) in [5.74, 6) is -1.70. The van der Waals surface area contributed by atoms with Gasteiger partial charge in [0, 0.05) is 6.54 Å². The van der Waals surface area contributed by atoms with E-state index in [0.29, 0.717) is 22.5 Å². The summed E-state index contributed by atoms with van der Waals surface area (Å²) in [6.07, 6.45) is 1.18. The first-order chi connectivity index (χ1) is 15.7. The summed E-state index contributed by atoms with van der Waals surface area (Å²) in [5.41, 5.74) is 2.19. The number of allylic oxidation sites excluding steroid dienone is 2. The van der Waals surface area contributed by atoms with Crippen molar-refractivity contribution in [1.29, 1.82) is 0 Å². The van der Waals surface area contributed by atoms with E-state index in [9.17, 15) is 22.8 Å². The number of rotatable bonds is 6. The SMILES string of the molecule is O=C(Cc1nc2cc(-c3ccc(C(F)(F)F)cc3)ccc2s1)NCC1=CC=CC(C(=O)O)C1. The Morgan fingerprint density at radius 2 is 1.85 bits per heavy atom. The Hall–Kier alpha value is -3.46. The molecule has 0 saturated heterocycles. The Morgan fingerprint density at radius 1 is 1.12 bits per heavy atom. The van der Waals surface area contributed by atoms with Crippen molar-refractivity contribution in [3.63, 3.8) is 0 Å². The lowest BCUT2D eigenvalue weighted by atomic mass is 9.94. The first kappa shape index (κ1) is 22.7. The second kappa shape index (κ2) is 9.19. The maximum atomic E-state index is 12.8. The van der Waals surface area contributed by atoms with Crippen molar-refractivity contribution in [2.75, 3.05) is 6.54 Å². The van der Waals surface area contributed by atoms with E-state index in [1.807, 2.05) is 12.1 Å². The molecule has 1 atom stereocenters. The van der Waals surface area contributed by atoms with Gasteiger partial charge in [-0.2, -0.15) is 13.2 Å². The first-order valence-corrected chi connectivity index (χ1v) is 10.9. The lowest BCUT2D eigenvalue weighted by Gasteiger charge is -2.15. The Kier molecular flexibility index (Phi) is 6.33. The molecule has 170 valence electrons. The highest BCUT2D eigenvalue weighted by atomic mass is 32.1. The Morgan fingerprint density at radius 3 is 2.55 bits per heavy atom. The zero-order valence-corrected chi connectivity index (χ0v) is 18.0. The van der Waals surface area contributed by atoms with Crippen molar-refractivity contribution in [2.24, 2.45) is 5.92 Å². The predicted octanol–water partition coefficient (Wildman–Crippen LogP) is 5.23. The molecule has 1 unspecified atom stereocenters. The number of thiazole rings is 1.